The Bertz CT molecular complexity index is 656. The van der Waals surface area contributed by atoms with E-state index in [2.05, 4.69) is 42.2 Å². The third-order valence-electron chi connectivity index (χ3n) is 5.31. The molecule has 2 heteroatoms. The highest BCUT2D eigenvalue weighted by atomic mass is 16.3. The van der Waals surface area contributed by atoms with E-state index in [-0.39, 0.29) is 0 Å². The van der Waals surface area contributed by atoms with Gasteiger partial charge in [-0.2, -0.15) is 0 Å². The predicted molar refractivity (Wildman–Crippen MR) is 86.3 cm³/mol. The minimum absolute atomic E-state index is 0.665. The number of para-hydroxylation sites is 1. The number of hydrogen-bond donors (Lipinski definition) is 0. The quantitative estimate of drug-likeness (QED) is 0.778. The fraction of sp³-hybridized carbons (Fsp3) is 0.474. The van der Waals surface area contributed by atoms with Crippen molar-refractivity contribution in [2.75, 3.05) is 13.1 Å². The summed E-state index contributed by atoms with van der Waals surface area (Å²) in [5.74, 6) is 1.64. The van der Waals surface area contributed by atoms with Crippen molar-refractivity contribution in [3.05, 3.63) is 48.2 Å². The summed E-state index contributed by atoms with van der Waals surface area (Å²) in [4.78, 5) is 2.68. The predicted octanol–water partition coefficient (Wildman–Crippen LogP) is 4.26. The number of benzene rings is 1. The van der Waals surface area contributed by atoms with E-state index in [0.717, 1.165) is 30.4 Å². The highest BCUT2D eigenvalue weighted by Gasteiger charge is 2.35. The van der Waals surface area contributed by atoms with Gasteiger partial charge in [0, 0.05) is 24.5 Å². The summed E-state index contributed by atoms with van der Waals surface area (Å²) in [6.07, 6.45) is 10.6. The summed E-state index contributed by atoms with van der Waals surface area (Å²) in [6, 6.07) is 9.02. The molecule has 2 aliphatic heterocycles. The standard InChI is InChI=1S/C19H23NO/c1-2-15-11-14-7-8-18(15)20(12-14)10-9-16-13-21-19-6-4-3-5-17(16)19/h3-8,13-15,18H,2,9-12H2,1H3. The van der Waals surface area contributed by atoms with Crippen LogP contribution in [-0.2, 0) is 6.42 Å². The minimum Gasteiger partial charge on any atom is -0.464 e. The molecule has 1 saturated heterocycles. The molecule has 0 radical (unpaired) electrons. The fourth-order valence-electron chi connectivity index (χ4n) is 4.15. The van der Waals surface area contributed by atoms with Crippen LogP contribution in [0, 0.1) is 11.8 Å². The van der Waals surface area contributed by atoms with Gasteiger partial charge in [-0.1, -0.05) is 43.7 Å². The van der Waals surface area contributed by atoms with Gasteiger partial charge < -0.3 is 4.42 Å². The van der Waals surface area contributed by atoms with Gasteiger partial charge in [0.2, 0.25) is 0 Å². The molecule has 1 aromatic carbocycles. The number of fused-ring (bicyclic) bond motifs is 3. The molecule has 3 atom stereocenters. The zero-order valence-electron chi connectivity index (χ0n) is 12.7. The van der Waals surface area contributed by atoms with E-state index in [1.807, 2.05) is 12.3 Å². The molecule has 2 nitrogen and oxygen atoms in total. The molecule has 3 unspecified atom stereocenters. The second-order valence-electron chi connectivity index (χ2n) is 6.54. The fourth-order valence-corrected chi connectivity index (χ4v) is 4.15. The van der Waals surface area contributed by atoms with E-state index in [0.29, 0.717) is 6.04 Å². The topological polar surface area (TPSA) is 16.4 Å². The van der Waals surface area contributed by atoms with E-state index in [9.17, 15) is 0 Å². The summed E-state index contributed by atoms with van der Waals surface area (Å²) >= 11 is 0. The van der Waals surface area contributed by atoms with Crippen molar-refractivity contribution in [1.82, 2.24) is 4.90 Å². The summed E-state index contributed by atoms with van der Waals surface area (Å²) in [5.41, 5.74) is 2.36. The molecule has 0 amide bonds. The average molecular weight is 281 g/mol. The Morgan fingerprint density at radius 2 is 2.14 bits per heavy atom. The number of rotatable bonds is 4. The Morgan fingerprint density at radius 3 is 3.00 bits per heavy atom. The van der Waals surface area contributed by atoms with Gasteiger partial charge in [-0.05, 0) is 36.3 Å². The second kappa shape index (κ2) is 5.34. The number of nitrogens with zero attached hydrogens (tertiary/aromatic N) is 1. The number of furan rings is 1. The molecular weight excluding hydrogens is 258 g/mol. The summed E-state index contributed by atoms with van der Waals surface area (Å²) in [5, 5.41) is 1.28. The lowest BCUT2D eigenvalue weighted by Gasteiger charge is -2.46. The first-order valence-corrected chi connectivity index (χ1v) is 8.22. The molecule has 1 aliphatic carbocycles. The Morgan fingerprint density at radius 1 is 1.24 bits per heavy atom. The van der Waals surface area contributed by atoms with Crippen molar-refractivity contribution >= 4 is 11.0 Å². The van der Waals surface area contributed by atoms with Gasteiger partial charge >= 0.3 is 0 Å². The maximum atomic E-state index is 5.66. The largest absolute Gasteiger partial charge is 0.464 e. The zero-order valence-corrected chi connectivity index (χ0v) is 12.7. The van der Waals surface area contributed by atoms with Crippen LogP contribution in [0.4, 0.5) is 0 Å². The van der Waals surface area contributed by atoms with Crippen LogP contribution in [0.1, 0.15) is 25.3 Å². The molecule has 5 rings (SSSR count). The SMILES string of the molecule is CCC1CC2C=CC1N(CCc1coc3ccccc13)C2. The van der Waals surface area contributed by atoms with Crippen LogP contribution in [0.2, 0.25) is 0 Å². The van der Waals surface area contributed by atoms with E-state index >= 15 is 0 Å². The van der Waals surface area contributed by atoms with Crippen molar-refractivity contribution in [3.8, 4) is 0 Å². The van der Waals surface area contributed by atoms with Crippen LogP contribution in [-0.4, -0.2) is 24.0 Å². The monoisotopic (exact) mass is 281 g/mol. The highest BCUT2D eigenvalue weighted by Crippen LogP contribution is 2.36. The molecule has 1 fully saturated rings. The molecule has 110 valence electrons. The Labute approximate surface area is 126 Å². The van der Waals surface area contributed by atoms with Crippen LogP contribution >= 0.6 is 0 Å². The summed E-state index contributed by atoms with van der Waals surface area (Å²) < 4.78 is 5.66. The van der Waals surface area contributed by atoms with Gasteiger partial charge in [0.15, 0.2) is 0 Å². The molecule has 3 aliphatic rings. The molecule has 2 bridgehead atoms. The molecular formula is C19H23NO. The van der Waals surface area contributed by atoms with Crippen LogP contribution in [0.15, 0.2) is 47.1 Å². The third kappa shape index (κ3) is 2.32. The van der Waals surface area contributed by atoms with Crippen LogP contribution in [0.3, 0.4) is 0 Å². The molecule has 0 spiro atoms. The van der Waals surface area contributed by atoms with Gasteiger partial charge in [0.25, 0.3) is 0 Å². The Kier molecular flexibility index (Phi) is 3.34. The van der Waals surface area contributed by atoms with Gasteiger partial charge in [-0.3, -0.25) is 4.90 Å². The van der Waals surface area contributed by atoms with E-state index in [4.69, 9.17) is 4.42 Å². The lowest BCUT2D eigenvalue weighted by molar-refractivity contribution is 0.0826. The lowest BCUT2D eigenvalue weighted by Crippen LogP contribution is -2.50. The average Bonchev–Trinajstić information content (AvgIpc) is 2.96. The first kappa shape index (κ1) is 13.1. The van der Waals surface area contributed by atoms with Gasteiger partial charge in [0.05, 0.1) is 6.26 Å². The van der Waals surface area contributed by atoms with Crippen molar-refractivity contribution in [3.63, 3.8) is 0 Å². The Hall–Kier alpha value is -1.54. The van der Waals surface area contributed by atoms with Gasteiger partial charge in [0.1, 0.15) is 5.58 Å². The molecule has 2 aromatic rings. The third-order valence-corrected chi connectivity index (χ3v) is 5.31. The smallest absolute Gasteiger partial charge is 0.134 e. The highest BCUT2D eigenvalue weighted by molar-refractivity contribution is 5.80. The van der Waals surface area contributed by atoms with Gasteiger partial charge in [-0.15, -0.1) is 0 Å². The molecule has 1 aromatic heterocycles. The summed E-state index contributed by atoms with van der Waals surface area (Å²) in [7, 11) is 0. The molecule has 21 heavy (non-hydrogen) atoms. The van der Waals surface area contributed by atoms with Crippen LogP contribution < -0.4 is 0 Å². The summed E-state index contributed by atoms with van der Waals surface area (Å²) in [6.45, 7) is 4.72. The lowest BCUT2D eigenvalue weighted by atomic mass is 9.76. The normalized spacial score (nSPS) is 28.5. The van der Waals surface area contributed by atoms with Crippen molar-refractivity contribution < 1.29 is 4.42 Å². The second-order valence-corrected chi connectivity index (χ2v) is 6.54. The first-order valence-electron chi connectivity index (χ1n) is 8.22. The van der Waals surface area contributed by atoms with Crippen molar-refractivity contribution in [1.29, 1.82) is 0 Å². The molecule has 0 saturated carbocycles. The van der Waals surface area contributed by atoms with Crippen molar-refractivity contribution in [2.45, 2.75) is 32.2 Å². The van der Waals surface area contributed by atoms with Crippen LogP contribution in [0.25, 0.3) is 11.0 Å². The maximum absolute atomic E-state index is 5.66. The minimum atomic E-state index is 0.665. The zero-order chi connectivity index (χ0) is 14.2. The van der Waals surface area contributed by atoms with Crippen molar-refractivity contribution in [2.24, 2.45) is 11.8 Å². The number of hydrogen-bond acceptors (Lipinski definition) is 2. The first-order chi connectivity index (χ1) is 10.3. The van der Waals surface area contributed by atoms with Crippen LogP contribution in [0.5, 0.6) is 0 Å². The molecule has 0 N–H and O–H groups in total. The molecule has 3 heterocycles. The van der Waals surface area contributed by atoms with Gasteiger partial charge in [-0.25, -0.2) is 0 Å². The number of piperidine rings is 1. The van der Waals surface area contributed by atoms with E-state index in [1.165, 1.54) is 30.3 Å². The van der Waals surface area contributed by atoms with E-state index < -0.39 is 0 Å². The Balaban J connectivity index is 1.49. The maximum Gasteiger partial charge on any atom is 0.134 e. The van der Waals surface area contributed by atoms with E-state index in [1.54, 1.807) is 0 Å².